The van der Waals surface area contributed by atoms with E-state index in [0.717, 1.165) is 75.9 Å². The lowest BCUT2D eigenvalue weighted by molar-refractivity contribution is -0.635. The normalized spacial score (nSPS) is 19.0. The van der Waals surface area contributed by atoms with Crippen LogP contribution in [-0.2, 0) is 22.4 Å². The number of nitrogens with one attached hydrogen (secondary N) is 2. The first kappa shape index (κ1) is 71.8. The average molecular weight is 1270 g/mol. The van der Waals surface area contributed by atoms with Crippen molar-refractivity contribution in [1.82, 2.24) is 19.8 Å². The summed E-state index contributed by atoms with van der Waals surface area (Å²) in [4.78, 5) is 32.8. The summed E-state index contributed by atoms with van der Waals surface area (Å²) in [6, 6.07) is 22.2. The number of benzene rings is 4. The molecule has 0 radical (unpaired) electrons. The van der Waals surface area contributed by atoms with Crippen LogP contribution in [0.2, 0.25) is 20.1 Å². The Hall–Kier alpha value is -4.92. The summed E-state index contributed by atoms with van der Waals surface area (Å²) in [7, 11) is 1.70. The molecule has 8 rings (SSSR count). The van der Waals surface area contributed by atoms with Crippen LogP contribution in [0, 0.1) is 17.8 Å². The lowest BCUT2D eigenvalue weighted by Gasteiger charge is -2.43. The van der Waals surface area contributed by atoms with E-state index in [-0.39, 0.29) is 43.8 Å². The van der Waals surface area contributed by atoms with Crippen LogP contribution in [0.1, 0.15) is 139 Å². The van der Waals surface area contributed by atoms with Gasteiger partial charge in [-0.3, -0.25) is 9.80 Å². The molecular formula is C66H86Cl4F2N5O9-. The number of likely N-dealkylation sites (N-methyl/N-ethyl adjacent to an activating group) is 1. The SMILES string of the molecule is CCC(C(C)C)C(C)C.C[C@@H]1Cc2c([nH]c3ccccc23)[C@@H](c2c(Cl)cc(/C=C/C(=O)[O-])cc2Cl)N1CC(C)(C)F.C[C@@H]1Cc2c([nH]c3ccccc23)[C@@H](c2c(Cl)cc(/C=C/C(=O)[O-])cc2Cl)N1CC(C)(C)F.C[NH2+]C[C@H](O)[C@@H](O)[C@H](O)[C@H](O)CO. The molecule has 86 heavy (non-hydrogen) atoms. The van der Waals surface area contributed by atoms with E-state index >= 15 is 0 Å². The maximum atomic E-state index is 14.9. The van der Waals surface area contributed by atoms with Gasteiger partial charge in [0.15, 0.2) is 0 Å². The van der Waals surface area contributed by atoms with E-state index in [9.17, 15) is 38.8 Å². The zero-order chi connectivity index (χ0) is 64.3. The minimum Gasteiger partial charge on any atom is -0.545 e. The molecule has 2 aliphatic rings. The van der Waals surface area contributed by atoms with Crippen LogP contribution in [0.4, 0.5) is 8.78 Å². The minimum atomic E-state index is -1.53. The van der Waals surface area contributed by atoms with Crippen LogP contribution in [-0.4, -0.2) is 138 Å². The molecule has 0 unspecified atom stereocenters. The van der Waals surface area contributed by atoms with Crippen molar-refractivity contribution in [3.05, 3.63) is 150 Å². The predicted octanol–water partition coefficient (Wildman–Crippen LogP) is 9.58. The number of nitrogens with zero attached hydrogens (tertiary/aromatic N) is 2. The van der Waals surface area contributed by atoms with Gasteiger partial charge in [-0.2, -0.15) is 0 Å². The summed E-state index contributed by atoms with van der Waals surface area (Å²) in [5, 5.41) is 72.0. The first-order valence-corrected chi connectivity index (χ1v) is 30.7. The van der Waals surface area contributed by atoms with Crippen LogP contribution in [0.3, 0.4) is 0 Å². The summed E-state index contributed by atoms with van der Waals surface area (Å²) < 4.78 is 29.7. The fraction of sp³-hybridized carbons (Fsp3) is 0.485. The van der Waals surface area contributed by atoms with Gasteiger partial charge in [-0.1, -0.05) is 136 Å². The second kappa shape index (κ2) is 31.5. The molecule has 9 N–H and O–H groups in total. The number of aromatic amines is 2. The summed E-state index contributed by atoms with van der Waals surface area (Å²) in [6.07, 6.45) is 1.97. The number of aromatic nitrogens is 2. The lowest BCUT2D eigenvalue weighted by Crippen LogP contribution is -2.83. The highest BCUT2D eigenvalue weighted by Crippen LogP contribution is 2.48. The van der Waals surface area contributed by atoms with Crippen molar-refractivity contribution >= 4 is 92.3 Å². The lowest BCUT2D eigenvalue weighted by atomic mass is 9.84. The third-order valence-electron chi connectivity index (χ3n) is 15.7. The molecule has 20 heteroatoms. The smallest absolute Gasteiger partial charge is 0.131 e. The number of nitrogens with two attached hydrogens (primary N) is 1. The number of rotatable bonds is 19. The molecule has 0 saturated heterocycles. The molecular weight excluding hydrogens is 1190 g/mol. The highest BCUT2D eigenvalue weighted by molar-refractivity contribution is 6.37. The van der Waals surface area contributed by atoms with Gasteiger partial charge in [-0.15, -0.1) is 0 Å². The number of fused-ring (bicyclic) bond motifs is 6. The Labute approximate surface area is 524 Å². The topological polar surface area (TPSA) is 236 Å². The number of carbonyl (C=O) groups excluding carboxylic acids is 2. The van der Waals surface area contributed by atoms with Gasteiger partial charge in [0.25, 0.3) is 0 Å². The average Bonchev–Trinajstić information content (AvgIpc) is 1.54. The fourth-order valence-electron chi connectivity index (χ4n) is 11.9. The maximum absolute atomic E-state index is 14.9. The van der Waals surface area contributed by atoms with E-state index in [0.29, 0.717) is 42.3 Å². The number of carboxylic acid groups (broad SMARTS) is 2. The number of carbonyl (C=O) groups is 2. The van der Waals surface area contributed by atoms with Crippen LogP contribution >= 0.6 is 46.4 Å². The van der Waals surface area contributed by atoms with E-state index in [1.54, 1.807) is 64.3 Å². The van der Waals surface area contributed by atoms with Gasteiger partial charge in [0.1, 0.15) is 42.3 Å². The number of quaternary nitrogens is 1. The Morgan fingerprint density at radius 1 is 0.663 bits per heavy atom. The van der Waals surface area contributed by atoms with Crippen LogP contribution in [0.5, 0.6) is 0 Å². The minimum absolute atomic E-state index is 0.0477. The Kier molecular flexibility index (Phi) is 26.3. The van der Waals surface area contributed by atoms with Crippen molar-refractivity contribution in [3.8, 4) is 0 Å². The number of hydrogen-bond donors (Lipinski definition) is 8. The molecule has 0 saturated carbocycles. The van der Waals surface area contributed by atoms with Crippen molar-refractivity contribution in [3.63, 3.8) is 0 Å². The number of aliphatic carboxylic acids is 2. The van der Waals surface area contributed by atoms with Gasteiger partial charge < -0.3 is 60.6 Å². The third kappa shape index (κ3) is 18.8. The number of aliphatic hydroxyl groups excluding tert-OH is 5. The molecule has 0 aliphatic carbocycles. The number of carboxylic acids is 2. The molecule has 4 aromatic carbocycles. The quantitative estimate of drug-likeness (QED) is 0.0356. The Balaban J connectivity index is 0.000000235. The van der Waals surface area contributed by atoms with Crippen LogP contribution in [0.15, 0.2) is 84.9 Å². The van der Waals surface area contributed by atoms with Crippen LogP contribution < -0.4 is 15.5 Å². The van der Waals surface area contributed by atoms with Gasteiger partial charge in [0.2, 0.25) is 0 Å². The standard InChI is InChI=1S/2C25H25Cl2FN2O2.C9H20.C7H17NO5/c2*1-14-10-17-16-6-4-5-7-20(16)29-23(17)24(30(14)13-25(2,3)28)22-18(26)11-15(12-19(22)27)8-9-21(31)32;1-6-9(7(2)3)8(4)5;1-8-2-4(10)6(12)7(13)5(11)3-9/h2*4-9,11-12,14,24,29H,10,13H2,1-3H3,(H,31,32);7-9H,6H2,1-5H3;4-13H,2-3H2,1H3/p-1/b2*9-8+;;/t2*14-,24-;;4-,5+,6+,7+/m11.0/s1. The molecule has 0 amide bonds. The first-order valence-electron chi connectivity index (χ1n) is 29.2. The van der Waals surface area contributed by atoms with Crippen molar-refractivity contribution in [2.45, 2.75) is 155 Å². The highest BCUT2D eigenvalue weighted by atomic mass is 35.5. The van der Waals surface area contributed by atoms with Crippen molar-refractivity contribution in [2.75, 3.05) is 33.3 Å². The van der Waals surface area contributed by atoms with Crippen LogP contribution in [0.25, 0.3) is 34.0 Å². The van der Waals surface area contributed by atoms with E-state index in [1.165, 1.54) is 29.7 Å². The molecule has 472 valence electrons. The van der Waals surface area contributed by atoms with Gasteiger partial charge in [0, 0.05) is 89.6 Å². The molecule has 0 spiro atoms. The van der Waals surface area contributed by atoms with Gasteiger partial charge in [0.05, 0.1) is 37.7 Å². The fourth-order valence-corrected chi connectivity index (χ4v) is 13.3. The van der Waals surface area contributed by atoms with Crippen molar-refractivity contribution in [1.29, 1.82) is 0 Å². The predicted molar refractivity (Wildman–Crippen MR) is 339 cm³/mol. The number of halogens is 6. The Morgan fingerprint density at radius 2 is 1.01 bits per heavy atom. The molecule has 8 atom stereocenters. The molecule has 2 aromatic heterocycles. The second-order valence-electron chi connectivity index (χ2n) is 24.4. The summed E-state index contributed by atoms with van der Waals surface area (Å²) in [6.45, 7) is 21.9. The number of H-pyrrole nitrogens is 2. The number of aliphatic hydroxyl groups is 5. The number of hydrogen-bond acceptors (Lipinski definition) is 11. The molecule has 2 aliphatic heterocycles. The molecule has 4 heterocycles. The molecule has 0 bridgehead atoms. The summed E-state index contributed by atoms with van der Waals surface area (Å²) in [5.41, 5.74) is 5.87. The van der Waals surface area contributed by atoms with Gasteiger partial charge in [-0.05, 0) is 143 Å². The van der Waals surface area contributed by atoms with Gasteiger partial charge in [-0.25, -0.2) is 8.78 Å². The molecule has 14 nitrogen and oxygen atoms in total. The zero-order valence-corrected chi connectivity index (χ0v) is 54.2. The van der Waals surface area contributed by atoms with E-state index in [1.807, 2.05) is 36.4 Å². The Bertz CT molecular complexity index is 3040. The van der Waals surface area contributed by atoms with E-state index in [4.69, 9.17) is 61.7 Å². The van der Waals surface area contributed by atoms with Gasteiger partial charge >= 0.3 is 0 Å². The highest BCUT2D eigenvalue weighted by Gasteiger charge is 2.42. The summed E-state index contributed by atoms with van der Waals surface area (Å²) >= 11 is 26.9. The monoisotopic (exact) mass is 1270 g/mol. The molecule has 6 aromatic rings. The van der Waals surface area contributed by atoms with Crippen molar-refractivity contribution < 1.29 is 59.4 Å². The largest absolute Gasteiger partial charge is 0.545 e. The second-order valence-corrected chi connectivity index (χ2v) is 26.1. The van der Waals surface area contributed by atoms with E-state index in [2.05, 4.69) is 80.4 Å². The van der Waals surface area contributed by atoms with Crippen molar-refractivity contribution in [2.24, 2.45) is 17.8 Å². The maximum Gasteiger partial charge on any atom is 0.131 e. The third-order valence-corrected chi connectivity index (χ3v) is 17.0. The molecule has 0 fully saturated rings. The zero-order valence-electron chi connectivity index (χ0n) is 51.1. The number of para-hydroxylation sites is 2. The number of alkyl halides is 2. The first-order chi connectivity index (χ1) is 40.2. The summed E-state index contributed by atoms with van der Waals surface area (Å²) in [5.74, 6) is 0.0259. The Morgan fingerprint density at radius 3 is 1.30 bits per heavy atom. The van der Waals surface area contributed by atoms with E-state index < -0.39 is 54.3 Å².